The van der Waals surface area contributed by atoms with Crippen LogP contribution in [-0.2, 0) is 14.6 Å². The van der Waals surface area contributed by atoms with Gasteiger partial charge in [0.2, 0.25) is 0 Å². The standard InChI is InChI=1S/C19H40O4S/c1-2-3-4-5-6-7-8-9-10-11-12-13-14-15-16-17-18-19-23-24(20,21)22/h2-19H2,1H3,(H,20,21,22). The molecule has 0 aliphatic carbocycles. The molecule has 0 heterocycles. The molecule has 146 valence electrons. The lowest BCUT2D eigenvalue weighted by atomic mass is 10.0. The quantitative estimate of drug-likeness (QED) is 0.211. The van der Waals surface area contributed by atoms with E-state index in [1.165, 1.54) is 89.9 Å². The Hall–Kier alpha value is -0.130. The van der Waals surface area contributed by atoms with Crippen molar-refractivity contribution < 1.29 is 17.2 Å². The molecule has 0 rings (SSSR count). The van der Waals surface area contributed by atoms with Crippen LogP contribution in [0.5, 0.6) is 0 Å². The highest BCUT2D eigenvalue weighted by atomic mass is 32.3. The van der Waals surface area contributed by atoms with Crippen molar-refractivity contribution >= 4 is 10.4 Å². The first kappa shape index (κ1) is 23.9. The SMILES string of the molecule is CCCCCCCCCCCCCCCCCCCOS(=O)(=O)O. The fraction of sp³-hybridized carbons (Fsp3) is 1.00. The van der Waals surface area contributed by atoms with Crippen molar-refractivity contribution in [1.29, 1.82) is 0 Å². The second-order valence-corrected chi connectivity index (χ2v) is 8.00. The Kier molecular flexibility index (Phi) is 17.6. The molecule has 0 unspecified atom stereocenters. The molecule has 0 amide bonds. The Labute approximate surface area is 150 Å². The fourth-order valence-electron chi connectivity index (χ4n) is 2.99. The van der Waals surface area contributed by atoms with Crippen molar-refractivity contribution in [2.75, 3.05) is 6.61 Å². The molecule has 5 heteroatoms. The van der Waals surface area contributed by atoms with Crippen LogP contribution in [0.1, 0.15) is 116 Å². The van der Waals surface area contributed by atoms with Crippen molar-refractivity contribution in [2.24, 2.45) is 0 Å². The lowest BCUT2D eigenvalue weighted by molar-refractivity contribution is 0.261. The van der Waals surface area contributed by atoms with Crippen molar-refractivity contribution in [3.8, 4) is 0 Å². The minimum atomic E-state index is -4.25. The first-order valence-electron chi connectivity index (χ1n) is 10.2. The van der Waals surface area contributed by atoms with Gasteiger partial charge in [-0.05, 0) is 6.42 Å². The van der Waals surface area contributed by atoms with Gasteiger partial charge in [0, 0.05) is 0 Å². The van der Waals surface area contributed by atoms with Crippen LogP contribution in [0.3, 0.4) is 0 Å². The molecule has 0 saturated heterocycles. The maximum Gasteiger partial charge on any atom is 0.397 e. The van der Waals surface area contributed by atoms with Crippen LogP contribution < -0.4 is 0 Å². The molecule has 0 radical (unpaired) electrons. The smallest absolute Gasteiger partial charge is 0.264 e. The Morgan fingerprint density at radius 3 is 1.17 bits per heavy atom. The van der Waals surface area contributed by atoms with Crippen LogP contribution >= 0.6 is 0 Å². The minimum absolute atomic E-state index is 0.0947. The molecule has 0 aliphatic rings. The molecule has 0 saturated carbocycles. The lowest BCUT2D eigenvalue weighted by Crippen LogP contribution is -2.04. The molecule has 0 fully saturated rings. The average Bonchev–Trinajstić information content (AvgIpc) is 2.52. The molecule has 24 heavy (non-hydrogen) atoms. The second-order valence-electron chi connectivity index (χ2n) is 6.91. The summed E-state index contributed by atoms with van der Waals surface area (Å²) in [7, 11) is -4.25. The van der Waals surface area contributed by atoms with Gasteiger partial charge >= 0.3 is 10.4 Å². The van der Waals surface area contributed by atoms with Gasteiger partial charge in [0.1, 0.15) is 0 Å². The Balaban J connectivity index is 3.03. The molecule has 0 bridgehead atoms. The second kappa shape index (κ2) is 17.7. The van der Waals surface area contributed by atoms with Crippen LogP contribution in [0.4, 0.5) is 0 Å². The van der Waals surface area contributed by atoms with Gasteiger partial charge in [-0.25, -0.2) is 4.18 Å². The molecule has 0 aliphatic heterocycles. The zero-order valence-electron chi connectivity index (χ0n) is 15.8. The molecule has 1 N–H and O–H groups in total. The van der Waals surface area contributed by atoms with E-state index < -0.39 is 10.4 Å². The maximum absolute atomic E-state index is 10.3. The number of rotatable bonds is 19. The highest BCUT2D eigenvalue weighted by Crippen LogP contribution is 2.14. The van der Waals surface area contributed by atoms with Crippen molar-refractivity contribution in [2.45, 2.75) is 116 Å². The summed E-state index contributed by atoms with van der Waals surface area (Å²) in [5, 5.41) is 0. The highest BCUT2D eigenvalue weighted by Gasteiger charge is 2.02. The summed E-state index contributed by atoms with van der Waals surface area (Å²) in [5.74, 6) is 0. The summed E-state index contributed by atoms with van der Waals surface area (Å²) in [6.07, 6.45) is 21.9. The van der Waals surface area contributed by atoms with Crippen molar-refractivity contribution in [3.05, 3.63) is 0 Å². The summed E-state index contributed by atoms with van der Waals surface area (Å²) < 4.78 is 33.4. The molecule has 0 spiro atoms. The lowest BCUT2D eigenvalue weighted by Gasteiger charge is -2.03. The summed E-state index contributed by atoms with van der Waals surface area (Å²) in [5.41, 5.74) is 0. The monoisotopic (exact) mass is 364 g/mol. The van der Waals surface area contributed by atoms with Gasteiger partial charge in [-0.15, -0.1) is 0 Å². The molecular weight excluding hydrogens is 324 g/mol. The van der Waals surface area contributed by atoms with E-state index in [1.807, 2.05) is 0 Å². The molecule has 0 aromatic carbocycles. The fourth-order valence-corrected chi connectivity index (χ4v) is 3.32. The topological polar surface area (TPSA) is 63.6 Å². The van der Waals surface area contributed by atoms with E-state index in [0.29, 0.717) is 6.42 Å². The Morgan fingerprint density at radius 2 is 0.875 bits per heavy atom. The largest absolute Gasteiger partial charge is 0.397 e. The number of unbranched alkanes of at least 4 members (excludes halogenated alkanes) is 16. The summed E-state index contributed by atoms with van der Waals surface area (Å²) >= 11 is 0. The average molecular weight is 365 g/mol. The van der Waals surface area contributed by atoms with E-state index >= 15 is 0 Å². The van der Waals surface area contributed by atoms with Gasteiger partial charge in [0.15, 0.2) is 0 Å². The summed E-state index contributed by atoms with van der Waals surface area (Å²) in [6, 6.07) is 0. The molecule has 0 atom stereocenters. The molecular formula is C19H40O4S. The van der Waals surface area contributed by atoms with Gasteiger partial charge < -0.3 is 0 Å². The third kappa shape index (κ3) is 21.9. The van der Waals surface area contributed by atoms with E-state index in [-0.39, 0.29) is 6.61 Å². The predicted octanol–water partition coefficient (Wildman–Crippen LogP) is 6.46. The van der Waals surface area contributed by atoms with Crippen molar-refractivity contribution in [1.82, 2.24) is 0 Å². The van der Waals surface area contributed by atoms with Gasteiger partial charge in [0.05, 0.1) is 6.61 Å². The third-order valence-electron chi connectivity index (χ3n) is 4.48. The van der Waals surface area contributed by atoms with Gasteiger partial charge in [-0.2, -0.15) is 8.42 Å². The van der Waals surface area contributed by atoms with Gasteiger partial charge in [-0.3, -0.25) is 4.55 Å². The first-order chi connectivity index (χ1) is 11.6. The predicted molar refractivity (Wildman–Crippen MR) is 102 cm³/mol. The third-order valence-corrected chi connectivity index (χ3v) is 4.94. The van der Waals surface area contributed by atoms with E-state index in [2.05, 4.69) is 11.1 Å². The Bertz CT molecular complexity index is 341. The van der Waals surface area contributed by atoms with Crippen LogP contribution in [-0.4, -0.2) is 19.6 Å². The maximum atomic E-state index is 10.3. The zero-order chi connectivity index (χ0) is 17.9. The Morgan fingerprint density at radius 1 is 0.583 bits per heavy atom. The van der Waals surface area contributed by atoms with Gasteiger partial charge in [0.25, 0.3) is 0 Å². The van der Waals surface area contributed by atoms with E-state index in [9.17, 15) is 8.42 Å². The first-order valence-corrected chi connectivity index (χ1v) is 11.5. The minimum Gasteiger partial charge on any atom is -0.264 e. The van der Waals surface area contributed by atoms with Crippen molar-refractivity contribution in [3.63, 3.8) is 0 Å². The van der Waals surface area contributed by atoms with E-state index in [4.69, 9.17) is 4.55 Å². The molecule has 0 aromatic heterocycles. The van der Waals surface area contributed by atoms with Gasteiger partial charge in [-0.1, -0.05) is 110 Å². The molecule has 0 aromatic rings. The van der Waals surface area contributed by atoms with Crippen LogP contribution in [0, 0.1) is 0 Å². The summed E-state index contributed by atoms with van der Waals surface area (Å²) in [4.78, 5) is 0. The zero-order valence-corrected chi connectivity index (χ0v) is 16.6. The van der Waals surface area contributed by atoms with Crippen LogP contribution in [0.2, 0.25) is 0 Å². The van der Waals surface area contributed by atoms with Crippen LogP contribution in [0.15, 0.2) is 0 Å². The van der Waals surface area contributed by atoms with E-state index in [0.717, 1.165) is 12.8 Å². The van der Waals surface area contributed by atoms with Crippen LogP contribution in [0.25, 0.3) is 0 Å². The summed E-state index contributed by atoms with van der Waals surface area (Å²) in [6.45, 7) is 2.36. The highest BCUT2D eigenvalue weighted by molar-refractivity contribution is 7.80. The number of hydrogen-bond donors (Lipinski definition) is 1. The molecule has 4 nitrogen and oxygen atoms in total. The number of hydrogen-bond acceptors (Lipinski definition) is 3. The van der Waals surface area contributed by atoms with E-state index in [1.54, 1.807) is 0 Å². The normalized spacial score (nSPS) is 11.9.